The van der Waals surface area contributed by atoms with Gasteiger partial charge in [-0.1, -0.05) is 34.1 Å². The SMILES string of the molecule is NC(=O)CSc1ccccc1NC(=O)c1cc2ccc(Br)cc2[nH]1. The molecule has 24 heavy (non-hydrogen) atoms. The highest BCUT2D eigenvalue weighted by Gasteiger charge is 2.12. The highest BCUT2D eigenvalue weighted by molar-refractivity contribution is 9.10. The normalized spacial score (nSPS) is 10.7. The number of para-hydroxylation sites is 1. The molecule has 0 spiro atoms. The van der Waals surface area contributed by atoms with Crippen LogP contribution in [0.25, 0.3) is 10.9 Å². The van der Waals surface area contributed by atoms with E-state index in [-0.39, 0.29) is 11.7 Å². The standard InChI is InChI=1S/C17H14BrN3O2S/c18-11-6-5-10-7-14(20-13(10)8-11)17(23)21-12-3-1-2-4-15(12)24-9-16(19)22/h1-8,20H,9H2,(H2,19,22)(H,21,23). The van der Waals surface area contributed by atoms with E-state index in [0.717, 1.165) is 20.3 Å². The molecule has 0 atom stereocenters. The fraction of sp³-hybridized carbons (Fsp3) is 0.0588. The van der Waals surface area contributed by atoms with E-state index in [1.54, 1.807) is 12.1 Å². The van der Waals surface area contributed by atoms with Crippen molar-refractivity contribution in [2.24, 2.45) is 5.73 Å². The van der Waals surface area contributed by atoms with Crippen LogP contribution in [0.4, 0.5) is 5.69 Å². The zero-order valence-corrected chi connectivity index (χ0v) is 14.9. The van der Waals surface area contributed by atoms with Crippen molar-refractivity contribution >= 4 is 56.1 Å². The van der Waals surface area contributed by atoms with Gasteiger partial charge >= 0.3 is 0 Å². The lowest BCUT2D eigenvalue weighted by molar-refractivity contribution is -0.115. The Morgan fingerprint density at radius 1 is 1.17 bits per heavy atom. The molecule has 3 rings (SSSR count). The van der Waals surface area contributed by atoms with E-state index < -0.39 is 5.91 Å². The van der Waals surface area contributed by atoms with Crippen LogP contribution < -0.4 is 11.1 Å². The molecular weight excluding hydrogens is 390 g/mol. The molecular formula is C17H14BrN3O2S. The van der Waals surface area contributed by atoms with Crippen molar-refractivity contribution in [2.45, 2.75) is 4.90 Å². The first-order valence-corrected chi connectivity index (χ1v) is 8.90. The summed E-state index contributed by atoms with van der Waals surface area (Å²) in [6, 6.07) is 14.9. The molecule has 0 saturated heterocycles. The van der Waals surface area contributed by atoms with Gasteiger partial charge in [-0.2, -0.15) is 0 Å². The Kier molecular flexibility index (Phi) is 4.92. The highest BCUT2D eigenvalue weighted by atomic mass is 79.9. The molecule has 2 amide bonds. The van der Waals surface area contributed by atoms with Crippen LogP contribution in [0.2, 0.25) is 0 Å². The maximum Gasteiger partial charge on any atom is 0.272 e. The Hall–Kier alpha value is -2.25. The molecule has 0 radical (unpaired) electrons. The Morgan fingerprint density at radius 2 is 1.96 bits per heavy atom. The number of aromatic amines is 1. The lowest BCUT2D eigenvalue weighted by Crippen LogP contribution is -2.15. The number of carbonyl (C=O) groups is 2. The Bertz CT molecular complexity index is 923. The number of nitrogens with one attached hydrogen (secondary N) is 2. The minimum absolute atomic E-state index is 0.160. The Balaban J connectivity index is 1.82. The van der Waals surface area contributed by atoms with E-state index >= 15 is 0 Å². The molecule has 0 unspecified atom stereocenters. The number of fused-ring (bicyclic) bond motifs is 1. The minimum Gasteiger partial charge on any atom is -0.369 e. The van der Waals surface area contributed by atoms with Gasteiger partial charge in [0.25, 0.3) is 5.91 Å². The second-order valence-electron chi connectivity index (χ2n) is 5.12. The first kappa shape index (κ1) is 16.6. The van der Waals surface area contributed by atoms with Crippen molar-refractivity contribution in [1.29, 1.82) is 0 Å². The molecule has 122 valence electrons. The predicted molar refractivity (Wildman–Crippen MR) is 100 cm³/mol. The van der Waals surface area contributed by atoms with E-state index in [1.807, 2.05) is 36.4 Å². The number of nitrogens with two attached hydrogens (primary N) is 1. The molecule has 5 nitrogen and oxygen atoms in total. The summed E-state index contributed by atoms with van der Waals surface area (Å²) < 4.78 is 0.942. The summed E-state index contributed by atoms with van der Waals surface area (Å²) in [7, 11) is 0. The summed E-state index contributed by atoms with van der Waals surface area (Å²) in [6.45, 7) is 0. The number of rotatable bonds is 5. The summed E-state index contributed by atoms with van der Waals surface area (Å²) in [5.41, 5.74) is 7.18. The molecule has 0 fully saturated rings. The van der Waals surface area contributed by atoms with Gasteiger partial charge in [0.2, 0.25) is 5.91 Å². The lowest BCUT2D eigenvalue weighted by atomic mass is 10.2. The van der Waals surface area contributed by atoms with Crippen LogP contribution >= 0.6 is 27.7 Å². The first-order valence-electron chi connectivity index (χ1n) is 7.12. The zero-order chi connectivity index (χ0) is 17.1. The van der Waals surface area contributed by atoms with E-state index in [0.29, 0.717) is 11.4 Å². The third-order valence-corrected chi connectivity index (χ3v) is 4.92. The van der Waals surface area contributed by atoms with Crippen LogP contribution in [0.5, 0.6) is 0 Å². The molecule has 0 aliphatic heterocycles. The third-order valence-electron chi connectivity index (χ3n) is 3.33. The van der Waals surface area contributed by atoms with Gasteiger partial charge in [0.05, 0.1) is 11.4 Å². The number of carbonyl (C=O) groups excluding carboxylic acids is 2. The highest BCUT2D eigenvalue weighted by Crippen LogP contribution is 2.27. The summed E-state index contributed by atoms with van der Waals surface area (Å²) in [5.74, 6) is -0.482. The molecule has 3 aromatic rings. The van der Waals surface area contributed by atoms with Crippen molar-refractivity contribution in [3.8, 4) is 0 Å². The quantitative estimate of drug-likeness (QED) is 0.566. The van der Waals surface area contributed by atoms with Crippen molar-refractivity contribution in [3.63, 3.8) is 0 Å². The number of benzene rings is 2. The number of anilines is 1. The summed E-state index contributed by atoms with van der Waals surface area (Å²) in [5, 5.41) is 3.83. The van der Waals surface area contributed by atoms with E-state index in [2.05, 4.69) is 26.2 Å². The average molecular weight is 404 g/mol. The largest absolute Gasteiger partial charge is 0.369 e. The second-order valence-corrected chi connectivity index (χ2v) is 7.05. The molecule has 2 aromatic carbocycles. The van der Waals surface area contributed by atoms with Gasteiger partial charge in [-0.25, -0.2) is 0 Å². The van der Waals surface area contributed by atoms with E-state index in [1.165, 1.54) is 11.8 Å². The van der Waals surface area contributed by atoms with Crippen molar-refractivity contribution in [3.05, 3.63) is 58.7 Å². The number of amides is 2. The molecule has 1 aromatic heterocycles. The molecule has 7 heteroatoms. The Labute approximate surface area is 151 Å². The van der Waals surface area contributed by atoms with Crippen LogP contribution in [-0.4, -0.2) is 22.6 Å². The number of hydrogen-bond acceptors (Lipinski definition) is 3. The van der Waals surface area contributed by atoms with Crippen LogP contribution in [0.15, 0.2) is 57.9 Å². The summed E-state index contributed by atoms with van der Waals surface area (Å²) in [6.07, 6.45) is 0. The molecule has 0 saturated carbocycles. The van der Waals surface area contributed by atoms with Gasteiger partial charge in [0.1, 0.15) is 5.69 Å². The molecule has 0 aliphatic carbocycles. The van der Waals surface area contributed by atoms with Crippen LogP contribution in [0.1, 0.15) is 10.5 Å². The maximum atomic E-state index is 12.5. The summed E-state index contributed by atoms with van der Waals surface area (Å²) in [4.78, 5) is 27.4. The maximum absolute atomic E-state index is 12.5. The number of thioether (sulfide) groups is 1. The van der Waals surface area contributed by atoms with Gasteiger partial charge in [0.15, 0.2) is 0 Å². The third kappa shape index (κ3) is 3.80. The number of aromatic nitrogens is 1. The Morgan fingerprint density at radius 3 is 2.75 bits per heavy atom. The molecule has 1 heterocycles. The topological polar surface area (TPSA) is 88.0 Å². The monoisotopic (exact) mass is 403 g/mol. The molecule has 0 aliphatic rings. The number of halogens is 1. The number of primary amides is 1. The minimum atomic E-state index is -0.401. The van der Waals surface area contributed by atoms with Crippen molar-refractivity contribution in [1.82, 2.24) is 4.98 Å². The van der Waals surface area contributed by atoms with Gasteiger partial charge in [-0.05, 0) is 30.3 Å². The molecule has 4 N–H and O–H groups in total. The van der Waals surface area contributed by atoms with Gasteiger partial charge < -0.3 is 16.0 Å². The van der Waals surface area contributed by atoms with E-state index in [4.69, 9.17) is 5.73 Å². The number of hydrogen-bond donors (Lipinski definition) is 3. The average Bonchev–Trinajstić information content (AvgIpc) is 2.97. The molecule has 0 bridgehead atoms. The van der Waals surface area contributed by atoms with E-state index in [9.17, 15) is 9.59 Å². The van der Waals surface area contributed by atoms with Gasteiger partial charge in [0, 0.05) is 20.3 Å². The smallest absolute Gasteiger partial charge is 0.272 e. The van der Waals surface area contributed by atoms with Crippen molar-refractivity contribution in [2.75, 3.05) is 11.1 Å². The fourth-order valence-electron chi connectivity index (χ4n) is 2.26. The van der Waals surface area contributed by atoms with Crippen molar-refractivity contribution < 1.29 is 9.59 Å². The van der Waals surface area contributed by atoms with Crippen LogP contribution in [-0.2, 0) is 4.79 Å². The van der Waals surface area contributed by atoms with Crippen LogP contribution in [0, 0.1) is 0 Å². The lowest BCUT2D eigenvalue weighted by Gasteiger charge is -2.09. The summed E-state index contributed by atoms with van der Waals surface area (Å²) >= 11 is 4.70. The zero-order valence-electron chi connectivity index (χ0n) is 12.5. The predicted octanol–water partition coefficient (Wildman–Crippen LogP) is 3.76. The fourth-order valence-corrected chi connectivity index (χ4v) is 3.36. The van der Waals surface area contributed by atoms with Gasteiger partial charge in [-0.15, -0.1) is 11.8 Å². The first-order chi connectivity index (χ1) is 11.5. The van der Waals surface area contributed by atoms with Crippen LogP contribution in [0.3, 0.4) is 0 Å². The number of H-pyrrole nitrogens is 1. The second kappa shape index (κ2) is 7.11. The van der Waals surface area contributed by atoms with Gasteiger partial charge in [-0.3, -0.25) is 9.59 Å².